The lowest BCUT2D eigenvalue weighted by atomic mass is 10.1. The van der Waals surface area contributed by atoms with E-state index in [1.54, 1.807) is 7.11 Å². The van der Waals surface area contributed by atoms with Gasteiger partial charge in [-0.25, -0.2) is 4.98 Å². The fourth-order valence-corrected chi connectivity index (χ4v) is 1.99. The van der Waals surface area contributed by atoms with Gasteiger partial charge in [-0.05, 0) is 62.2 Å². The van der Waals surface area contributed by atoms with Gasteiger partial charge in [0.05, 0.1) is 29.9 Å². The lowest BCUT2D eigenvalue weighted by Crippen LogP contribution is -2.00. The third-order valence-corrected chi connectivity index (χ3v) is 3.25. The molecule has 0 saturated carbocycles. The van der Waals surface area contributed by atoms with Gasteiger partial charge in [0.2, 0.25) is 0 Å². The molecule has 3 heteroatoms. The summed E-state index contributed by atoms with van der Waals surface area (Å²) in [6, 6.07) is 11.7. The molecule has 0 aliphatic heterocycles. The van der Waals surface area contributed by atoms with Crippen molar-refractivity contribution in [3.05, 3.63) is 59.9 Å². The molecule has 0 bridgehead atoms. The van der Waals surface area contributed by atoms with Gasteiger partial charge in [-0.1, -0.05) is 12.6 Å². The van der Waals surface area contributed by atoms with Gasteiger partial charge in [0, 0.05) is 0 Å². The summed E-state index contributed by atoms with van der Waals surface area (Å²) < 4.78 is 5.21. The van der Waals surface area contributed by atoms with Crippen molar-refractivity contribution in [3.63, 3.8) is 0 Å². The molecule has 0 radical (unpaired) electrons. The molecule has 0 amide bonds. The number of allylic oxidation sites excluding steroid dienone is 1. The number of aromatic nitrogens is 1. The molecule has 0 saturated heterocycles. The molecule has 0 N–H and O–H groups in total. The Hall–Kier alpha value is -2.42. The van der Waals surface area contributed by atoms with E-state index in [1.807, 2.05) is 57.2 Å². The number of ether oxygens (including phenoxy) is 1. The van der Waals surface area contributed by atoms with E-state index < -0.39 is 0 Å². The Kier molecular flexibility index (Phi) is 4.53. The molecule has 2 rings (SSSR count). The van der Waals surface area contributed by atoms with Crippen LogP contribution in [0.25, 0.3) is 5.57 Å². The Bertz CT molecular complexity index is 702. The third-order valence-electron chi connectivity index (χ3n) is 3.25. The highest BCUT2D eigenvalue weighted by molar-refractivity contribution is 5.99. The number of nitrogens with zero attached hydrogens (tertiary/aromatic N) is 2. The standard InChI is InChI=1S/C18H20N2O/c1-12(2)16-7-6-8-18(20-16)14(4)19-17-10-9-15(21-5)11-13(17)3/h6-11H,1H2,2-5H3/b19-14+. The smallest absolute Gasteiger partial charge is 0.119 e. The topological polar surface area (TPSA) is 34.5 Å². The van der Waals surface area contributed by atoms with Gasteiger partial charge in [-0.15, -0.1) is 0 Å². The number of methoxy groups -OCH3 is 1. The third kappa shape index (κ3) is 3.57. The number of hydrogen-bond donors (Lipinski definition) is 0. The predicted molar refractivity (Wildman–Crippen MR) is 88.5 cm³/mol. The van der Waals surface area contributed by atoms with E-state index in [-0.39, 0.29) is 0 Å². The Morgan fingerprint density at radius 1 is 1.14 bits per heavy atom. The van der Waals surface area contributed by atoms with Crippen LogP contribution in [0.4, 0.5) is 5.69 Å². The zero-order valence-electron chi connectivity index (χ0n) is 13.0. The molecule has 21 heavy (non-hydrogen) atoms. The minimum Gasteiger partial charge on any atom is -0.497 e. The van der Waals surface area contributed by atoms with Gasteiger partial charge in [-0.3, -0.25) is 4.99 Å². The first-order valence-electron chi connectivity index (χ1n) is 6.84. The molecule has 1 aromatic carbocycles. The maximum Gasteiger partial charge on any atom is 0.119 e. The van der Waals surface area contributed by atoms with E-state index in [2.05, 4.69) is 16.6 Å². The van der Waals surface area contributed by atoms with Gasteiger partial charge in [0.1, 0.15) is 5.75 Å². The number of rotatable bonds is 4. The Morgan fingerprint density at radius 2 is 1.86 bits per heavy atom. The zero-order valence-corrected chi connectivity index (χ0v) is 13.0. The Morgan fingerprint density at radius 3 is 2.48 bits per heavy atom. The minimum absolute atomic E-state index is 0.839. The molecule has 1 heterocycles. The molecule has 1 aromatic heterocycles. The zero-order chi connectivity index (χ0) is 15.4. The lowest BCUT2D eigenvalue weighted by molar-refractivity contribution is 0.414. The minimum atomic E-state index is 0.839. The van der Waals surface area contributed by atoms with Crippen LogP contribution in [-0.2, 0) is 0 Å². The summed E-state index contributed by atoms with van der Waals surface area (Å²) in [5.41, 5.74) is 5.59. The second-order valence-electron chi connectivity index (χ2n) is 5.04. The van der Waals surface area contributed by atoms with E-state index in [4.69, 9.17) is 4.74 Å². The van der Waals surface area contributed by atoms with Gasteiger partial charge < -0.3 is 4.74 Å². The molecule has 0 unspecified atom stereocenters. The van der Waals surface area contributed by atoms with Crippen LogP contribution in [0.2, 0.25) is 0 Å². The van der Waals surface area contributed by atoms with Gasteiger partial charge in [-0.2, -0.15) is 0 Å². The molecule has 2 aromatic rings. The maximum absolute atomic E-state index is 5.21. The summed E-state index contributed by atoms with van der Waals surface area (Å²) in [7, 11) is 1.66. The number of aryl methyl sites for hydroxylation is 1. The first kappa shape index (κ1) is 15.0. The largest absolute Gasteiger partial charge is 0.497 e. The number of aliphatic imine (C=N–C) groups is 1. The molecule has 0 fully saturated rings. The van der Waals surface area contributed by atoms with Crippen LogP contribution in [-0.4, -0.2) is 17.8 Å². The number of benzene rings is 1. The molecule has 0 atom stereocenters. The average Bonchev–Trinajstić information content (AvgIpc) is 2.49. The van der Waals surface area contributed by atoms with Crippen molar-refractivity contribution in [3.8, 4) is 5.75 Å². The average molecular weight is 280 g/mol. The SMILES string of the molecule is C=C(C)c1cccc(/C(C)=N/c2ccc(OC)cc2C)n1. The highest BCUT2D eigenvalue weighted by atomic mass is 16.5. The van der Waals surface area contributed by atoms with Crippen molar-refractivity contribution >= 4 is 17.0 Å². The Labute approximate surface area is 126 Å². The van der Waals surface area contributed by atoms with Gasteiger partial charge >= 0.3 is 0 Å². The van der Waals surface area contributed by atoms with Crippen molar-refractivity contribution in [2.24, 2.45) is 4.99 Å². The van der Waals surface area contributed by atoms with E-state index in [0.29, 0.717) is 0 Å². The molecule has 0 aliphatic carbocycles. The summed E-state index contributed by atoms with van der Waals surface area (Å²) in [5.74, 6) is 0.839. The van der Waals surface area contributed by atoms with Gasteiger partial charge in [0.15, 0.2) is 0 Å². The maximum atomic E-state index is 5.21. The first-order chi connectivity index (χ1) is 10.0. The van der Waals surface area contributed by atoms with Crippen molar-refractivity contribution in [2.45, 2.75) is 20.8 Å². The van der Waals surface area contributed by atoms with Crippen molar-refractivity contribution in [1.29, 1.82) is 0 Å². The van der Waals surface area contributed by atoms with Crippen LogP contribution in [0.3, 0.4) is 0 Å². The summed E-state index contributed by atoms with van der Waals surface area (Å²) in [6.45, 7) is 9.86. The number of hydrogen-bond acceptors (Lipinski definition) is 3. The van der Waals surface area contributed by atoms with Crippen LogP contribution in [0, 0.1) is 6.92 Å². The van der Waals surface area contributed by atoms with Crippen LogP contribution in [0.5, 0.6) is 5.75 Å². The van der Waals surface area contributed by atoms with Crippen LogP contribution < -0.4 is 4.74 Å². The highest BCUT2D eigenvalue weighted by Crippen LogP contribution is 2.24. The molecular weight excluding hydrogens is 260 g/mol. The molecule has 108 valence electrons. The van der Waals surface area contributed by atoms with E-state index >= 15 is 0 Å². The van der Waals surface area contributed by atoms with Crippen molar-refractivity contribution < 1.29 is 4.74 Å². The predicted octanol–water partition coefficient (Wildman–Crippen LogP) is 4.57. The molecular formula is C18H20N2O. The van der Waals surface area contributed by atoms with E-state index in [0.717, 1.165) is 39.7 Å². The van der Waals surface area contributed by atoms with Crippen LogP contribution in [0.1, 0.15) is 30.8 Å². The van der Waals surface area contributed by atoms with E-state index in [9.17, 15) is 0 Å². The summed E-state index contributed by atoms with van der Waals surface area (Å²) in [4.78, 5) is 9.25. The van der Waals surface area contributed by atoms with Crippen molar-refractivity contribution in [1.82, 2.24) is 4.98 Å². The quantitative estimate of drug-likeness (QED) is 0.769. The van der Waals surface area contributed by atoms with Crippen LogP contribution in [0.15, 0.2) is 48.0 Å². The monoisotopic (exact) mass is 280 g/mol. The fourth-order valence-electron chi connectivity index (χ4n) is 1.99. The van der Waals surface area contributed by atoms with Gasteiger partial charge in [0.25, 0.3) is 0 Å². The number of pyridine rings is 1. The Balaban J connectivity index is 2.37. The van der Waals surface area contributed by atoms with Crippen molar-refractivity contribution in [2.75, 3.05) is 7.11 Å². The van der Waals surface area contributed by atoms with E-state index in [1.165, 1.54) is 0 Å². The van der Waals surface area contributed by atoms with Crippen LogP contribution >= 0.6 is 0 Å². The second-order valence-corrected chi connectivity index (χ2v) is 5.04. The fraction of sp³-hybridized carbons (Fsp3) is 0.222. The lowest BCUT2D eigenvalue weighted by Gasteiger charge is -2.07. The normalized spacial score (nSPS) is 11.3. The molecule has 3 nitrogen and oxygen atoms in total. The summed E-state index contributed by atoms with van der Waals surface area (Å²) in [6.07, 6.45) is 0. The summed E-state index contributed by atoms with van der Waals surface area (Å²) in [5, 5.41) is 0. The molecule has 0 spiro atoms. The first-order valence-corrected chi connectivity index (χ1v) is 6.84. The second kappa shape index (κ2) is 6.35. The highest BCUT2D eigenvalue weighted by Gasteiger charge is 2.04. The molecule has 0 aliphatic rings. The summed E-state index contributed by atoms with van der Waals surface area (Å²) >= 11 is 0.